The summed E-state index contributed by atoms with van der Waals surface area (Å²) >= 11 is 0. The van der Waals surface area contributed by atoms with Crippen LogP contribution < -0.4 is 0 Å². The maximum absolute atomic E-state index is 12.7. The Kier molecular flexibility index (Phi) is 6.58. The van der Waals surface area contributed by atoms with Gasteiger partial charge in [-0.3, -0.25) is 4.79 Å². The number of allylic oxidation sites excluding steroid dienone is 1. The zero-order chi connectivity index (χ0) is 19.9. The number of nitriles is 1. The van der Waals surface area contributed by atoms with Crippen molar-refractivity contribution in [2.45, 2.75) is 50.5 Å². The van der Waals surface area contributed by atoms with Gasteiger partial charge < -0.3 is 4.74 Å². The third-order valence-electron chi connectivity index (χ3n) is 4.54. The predicted molar refractivity (Wildman–Crippen MR) is 108 cm³/mol. The van der Waals surface area contributed by atoms with Crippen LogP contribution in [0.1, 0.15) is 50.7 Å². The van der Waals surface area contributed by atoms with E-state index < -0.39 is 11.0 Å². The molecule has 0 spiro atoms. The Bertz CT molecular complexity index is 800. The van der Waals surface area contributed by atoms with Crippen LogP contribution in [-0.2, 0) is 14.9 Å². The molecule has 0 amide bonds. The summed E-state index contributed by atoms with van der Waals surface area (Å²) < 4.78 is 5.57. The molecule has 0 aliphatic carbocycles. The molecule has 27 heavy (non-hydrogen) atoms. The van der Waals surface area contributed by atoms with Crippen molar-refractivity contribution in [1.82, 2.24) is 0 Å². The van der Waals surface area contributed by atoms with Gasteiger partial charge in [0.25, 0.3) is 0 Å². The minimum absolute atomic E-state index is 0.123. The number of carbonyl (C=O) groups excluding carboxylic acids is 1. The van der Waals surface area contributed by atoms with Crippen LogP contribution in [0.2, 0.25) is 0 Å². The summed E-state index contributed by atoms with van der Waals surface area (Å²) in [6, 6.07) is 21.9. The van der Waals surface area contributed by atoms with Crippen molar-refractivity contribution < 1.29 is 9.53 Å². The Morgan fingerprint density at radius 1 is 1.11 bits per heavy atom. The lowest BCUT2D eigenvalue weighted by Crippen LogP contribution is -2.35. The van der Waals surface area contributed by atoms with Gasteiger partial charge in [0.15, 0.2) is 0 Å². The van der Waals surface area contributed by atoms with E-state index in [-0.39, 0.29) is 18.3 Å². The largest absolute Gasteiger partial charge is 0.460 e. The van der Waals surface area contributed by atoms with Crippen molar-refractivity contribution in [1.29, 1.82) is 5.26 Å². The minimum Gasteiger partial charge on any atom is -0.460 e. The molecule has 0 saturated carbocycles. The molecule has 0 N–H and O–H groups in total. The van der Waals surface area contributed by atoms with Crippen LogP contribution in [0, 0.1) is 11.3 Å². The normalized spacial score (nSPS) is 14.4. The molecule has 2 aromatic rings. The quantitative estimate of drug-likeness (QED) is 0.480. The van der Waals surface area contributed by atoms with Gasteiger partial charge in [-0.2, -0.15) is 5.26 Å². The molecular formula is C24H27NO2. The van der Waals surface area contributed by atoms with Gasteiger partial charge in [-0.15, -0.1) is 6.58 Å². The highest BCUT2D eigenvalue weighted by molar-refractivity contribution is 5.72. The molecule has 2 rings (SSSR count). The van der Waals surface area contributed by atoms with Gasteiger partial charge in [0.05, 0.1) is 17.9 Å². The van der Waals surface area contributed by atoms with Gasteiger partial charge in [0.1, 0.15) is 5.60 Å². The van der Waals surface area contributed by atoms with E-state index in [2.05, 4.69) is 12.6 Å². The summed E-state index contributed by atoms with van der Waals surface area (Å²) in [5, 5.41) is 10.3. The number of hydrogen-bond acceptors (Lipinski definition) is 3. The summed E-state index contributed by atoms with van der Waals surface area (Å²) in [4.78, 5) is 12.7. The fourth-order valence-electron chi connectivity index (χ4n) is 3.42. The zero-order valence-electron chi connectivity index (χ0n) is 16.3. The SMILES string of the molecule is C=CC[C@](C#N)(c1ccccc1)[C@@H](CC(=O)OC(C)(C)C)c1ccccc1. The maximum atomic E-state index is 12.7. The molecule has 3 heteroatoms. The molecule has 0 aromatic heterocycles. The molecule has 0 saturated heterocycles. The fraction of sp³-hybridized carbons (Fsp3) is 0.333. The average molecular weight is 361 g/mol. The van der Waals surface area contributed by atoms with Crippen LogP contribution in [0.4, 0.5) is 0 Å². The molecule has 140 valence electrons. The van der Waals surface area contributed by atoms with Crippen molar-refractivity contribution >= 4 is 5.97 Å². The molecule has 2 aromatic carbocycles. The van der Waals surface area contributed by atoms with Crippen molar-refractivity contribution in [3.63, 3.8) is 0 Å². The summed E-state index contributed by atoms with van der Waals surface area (Å²) in [7, 11) is 0. The lowest BCUT2D eigenvalue weighted by atomic mass is 9.65. The molecule has 0 bridgehead atoms. The van der Waals surface area contributed by atoms with E-state index in [0.29, 0.717) is 6.42 Å². The van der Waals surface area contributed by atoms with Gasteiger partial charge >= 0.3 is 5.97 Å². The van der Waals surface area contributed by atoms with E-state index in [1.54, 1.807) is 6.08 Å². The van der Waals surface area contributed by atoms with E-state index in [1.807, 2.05) is 81.4 Å². The van der Waals surface area contributed by atoms with Crippen LogP contribution in [-0.4, -0.2) is 11.6 Å². The van der Waals surface area contributed by atoms with Crippen molar-refractivity contribution in [2.24, 2.45) is 0 Å². The van der Waals surface area contributed by atoms with E-state index in [4.69, 9.17) is 4.74 Å². The highest BCUT2D eigenvalue weighted by Gasteiger charge is 2.42. The Morgan fingerprint density at radius 3 is 2.15 bits per heavy atom. The molecule has 0 fully saturated rings. The van der Waals surface area contributed by atoms with Gasteiger partial charge in [-0.05, 0) is 38.3 Å². The maximum Gasteiger partial charge on any atom is 0.306 e. The third kappa shape index (κ3) is 5.08. The van der Waals surface area contributed by atoms with E-state index in [9.17, 15) is 10.1 Å². The first-order valence-corrected chi connectivity index (χ1v) is 9.17. The molecule has 2 atom stereocenters. The van der Waals surface area contributed by atoms with E-state index in [1.165, 1.54) is 0 Å². The number of hydrogen-bond donors (Lipinski definition) is 0. The molecular weight excluding hydrogens is 334 g/mol. The predicted octanol–water partition coefficient (Wildman–Crippen LogP) is 5.54. The first kappa shape index (κ1) is 20.5. The van der Waals surface area contributed by atoms with Crippen LogP contribution in [0.5, 0.6) is 0 Å². The van der Waals surface area contributed by atoms with E-state index >= 15 is 0 Å². The van der Waals surface area contributed by atoms with Gasteiger partial charge in [0, 0.05) is 5.92 Å². The van der Waals surface area contributed by atoms with Gasteiger partial charge in [-0.25, -0.2) is 0 Å². The Balaban J connectivity index is 2.56. The lowest BCUT2D eigenvalue weighted by Gasteiger charge is -2.35. The average Bonchev–Trinajstić information content (AvgIpc) is 2.64. The van der Waals surface area contributed by atoms with Crippen molar-refractivity contribution in [3.8, 4) is 6.07 Å². The standard InChI is InChI=1S/C24H27NO2/c1-5-16-24(18-25,20-14-10-7-11-15-20)21(19-12-8-6-9-13-19)17-22(26)27-23(2,3)4/h5-15,21H,1,16-17H2,2-4H3/t21-,24-/m0/s1. The number of benzene rings is 2. The molecule has 0 unspecified atom stereocenters. The number of esters is 1. The lowest BCUT2D eigenvalue weighted by molar-refractivity contribution is -0.155. The molecule has 0 heterocycles. The molecule has 0 aliphatic rings. The van der Waals surface area contributed by atoms with E-state index in [0.717, 1.165) is 11.1 Å². The number of nitrogens with zero attached hydrogens (tertiary/aromatic N) is 1. The van der Waals surface area contributed by atoms with Crippen molar-refractivity contribution in [2.75, 3.05) is 0 Å². The monoisotopic (exact) mass is 361 g/mol. The Labute approximate surface area is 162 Å². The summed E-state index contributed by atoms with van der Waals surface area (Å²) in [6.07, 6.45) is 2.31. The fourth-order valence-corrected chi connectivity index (χ4v) is 3.42. The topological polar surface area (TPSA) is 50.1 Å². The number of rotatable bonds is 7. The van der Waals surface area contributed by atoms with Gasteiger partial charge in [0.2, 0.25) is 0 Å². The Hall–Kier alpha value is -2.86. The first-order chi connectivity index (χ1) is 12.8. The zero-order valence-corrected chi connectivity index (χ0v) is 16.3. The number of ether oxygens (including phenoxy) is 1. The summed E-state index contributed by atoms with van der Waals surface area (Å²) in [5.41, 5.74) is 0.348. The summed E-state index contributed by atoms with van der Waals surface area (Å²) in [5.74, 6) is -0.657. The van der Waals surface area contributed by atoms with Crippen molar-refractivity contribution in [3.05, 3.63) is 84.4 Å². The second-order valence-electron chi connectivity index (χ2n) is 7.70. The molecule has 3 nitrogen and oxygen atoms in total. The van der Waals surface area contributed by atoms with Gasteiger partial charge in [-0.1, -0.05) is 66.7 Å². The second kappa shape index (κ2) is 8.68. The third-order valence-corrected chi connectivity index (χ3v) is 4.54. The summed E-state index contributed by atoms with van der Waals surface area (Å²) in [6.45, 7) is 9.41. The smallest absolute Gasteiger partial charge is 0.306 e. The highest BCUT2D eigenvalue weighted by Crippen LogP contribution is 2.44. The van der Waals surface area contributed by atoms with Crippen LogP contribution in [0.15, 0.2) is 73.3 Å². The first-order valence-electron chi connectivity index (χ1n) is 9.17. The minimum atomic E-state index is -0.902. The Morgan fingerprint density at radius 2 is 1.67 bits per heavy atom. The van der Waals surface area contributed by atoms with Crippen LogP contribution >= 0.6 is 0 Å². The highest BCUT2D eigenvalue weighted by atomic mass is 16.6. The molecule has 0 aliphatic heterocycles. The second-order valence-corrected chi connectivity index (χ2v) is 7.70. The number of carbonyl (C=O) groups is 1. The molecule has 0 radical (unpaired) electrons. The van der Waals surface area contributed by atoms with Crippen LogP contribution in [0.25, 0.3) is 0 Å². The van der Waals surface area contributed by atoms with Crippen LogP contribution in [0.3, 0.4) is 0 Å².